The Balaban J connectivity index is 1.66. The number of rotatable bonds is 3. The van der Waals surface area contributed by atoms with Crippen molar-refractivity contribution >= 4 is 5.91 Å². The molecular weight excluding hydrogens is 326 g/mol. The molecular formula is C21H21N3O2. The van der Waals surface area contributed by atoms with E-state index in [2.05, 4.69) is 10.1 Å². The third kappa shape index (κ3) is 3.25. The van der Waals surface area contributed by atoms with Crippen LogP contribution in [0.1, 0.15) is 35.2 Å². The van der Waals surface area contributed by atoms with Gasteiger partial charge in [-0.15, -0.1) is 0 Å². The van der Waals surface area contributed by atoms with E-state index in [1.165, 1.54) is 12.0 Å². The van der Waals surface area contributed by atoms with Gasteiger partial charge < -0.3 is 9.42 Å². The van der Waals surface area contributed by atoms with E-state index in [0.717, 1.165) is 31.5 Å². The van der Waals surface area contributed by atoms with Gasteiger partial charge in [0.05, 0.1) is 11.1 Å². The molecule has 1 aliphatic heterocycles. The minimum atomic E-state index is 0.0374. The monoisotopic (exact) mass is 347 g/mol. The van der Waals surface area contributed by atoms with Crippen molar-refractivity contribution in [3.05, 3.63) is 59.7 Å². The molecule has 0 bridgehead atoms. The highest BCUT2D eigenvalue weighted by Gasteiger charge is 2.23. The van der Waals surface area contributed by atoms with Crippen LogP contribution in [0.4, 0.5) is 0 Å². The van der Waals surface area contributed by atoms with Crippen molar-refractivity contribution in [2.45, 2.75) is 26.2 Å². The lowest BCUT2D eigenvalue weighted by Crippen LogP contribution is -2.35. The molecule has 2 heterocycles. The Bertz CT molecular complexity index is 909. The highest BCUT2D eigenvalue weighted by atomic mass is 16.5. The zero-order valence-electron chi connectivity index (χ0n) is 14.8. The molecule has 0 saturated carbocycles. The topological polar surface area (TPSA) is 59.2 Å². The molecule has 1 aromatic heterocycles. The first-order valence-corrected chi connectivity index (χ1v) is 9.02. The second kappa shape index (κ2) is 7.12. The molecule has 0 aliphatic carbocycles. The van der Waals surface area contributed by atoms with Gasteiger partial charge in [-0.2, -0.15) is 4.98 Å². The molecule has 3 aromatic rings. The number of piperidine rings is 1. The number of aryl methyl sites for hydroxylation is 1. The quantitative estimate of drug-likeness (QED) is 0.707. The first kappa shape index (κ1) is 16.5. The molecule has 26 heavy (non-hydrogen) atoms. The van der Waals surface area contributed by atoms with E-state index >= 15 is 0 Å². The average Bonchev–Trinajstić information content (AvgIpc) is 3.19. The predicted octanol–water partition coefficient (Wildman–Crippen LogP) is 4.34. The number of likely N-dealkylation sites (tertiary alicyclic amines) is 1. The van der Waals surface area contributed by atoms with E-state index in [9.17, 15) is 4.79 Å². The van der Waals surface area contributed by atoms with Gasteiger partial charge in [-0.3, -0.25) is 4.79 Å². The Morgan fingerprint density at radius 1 is 1.00 bits per heavy atom. The highest BCUT2D eigenvalue weighted by Crippen LogP contribution is 2.27. The van der Waals surface area contributed by atoms with Crippen LogP contribution in [0, 0.1) is 6.92 Å². The Kier molecular flexibility index (Phi) is 4.52. The minimum absolute atomic E-state index is 0.0374. The lowest BCUT2D eigenvalue weighted by molar-refractivity contribution is 0.0725. The first-order valence-electron chi connectivity index (χ1n) is 9.02. The molecule has 1 fully saturated rings. The summed E-state index contributed by atoms with van der Waals surface area (Å²) < 4.78 is 5.48. The number of aromatic nitrogens is 2. The van der Waals surface area contributed by atoms with Crippen molar-refractivity contribution in [1.29, 1.82) is 0 Å². The maximum Gasteiger partial charge on any atom is 0.259 e. The third-order valence-electron chi connectivity index (χ3n) is 4.77. The van der Waals surface area contributed by atoms with E-state index in [0.29, 0.717) is 22.8 Å². The van der Waals surface area contributed by atoms with E-state index in [1.54, 1.807) is 0 Å². The summed E-state index contributed by atoms with van der Waals surface area (Å²) in [7, 11) is 0. The lowest BCUT2D eigenvalue weighted by atomic mass is 10.0. The van der Waals surface area contributed by atoms with E-state index in [4.69, 9.17) is 4.52 Å². The smallest absolute Gasteiger partial charge is 0.259 e. The summed E-state index contributed by atoms with van der Waals surface area (Å²) in [6.07, 6.45) is 3.31. The fraction of sp³-hybridized carbons (Fsp3) is 0.286. The van der Waals surface area contributed by atoms with Crippen LogP contribution in [-0.2, 0) is 0 Å². The van der Waals surface area contributed by atoms with Gasteiger partial charge in [0, 0.05) is 18.7 Å². The van der Waals surface area contributed by atoms with Crippen molar-refractivity contribution in [1.82, 2.24) is 15.0 Å². The minimum Gasteiger partial charge on any atom is -0.339 e. The van der Waals surface area contributed by atoms with Gasteiger partial charge in [0.1, 0.15) is 0 Å². The summed E-state index contributed by atoms with van der Waals surface area (Å²) in [5, 5.41) is 4.09. The molecule has 1 amide bonds. The molecule has 0 unspecified atom stereocenters. The van der Waals surface area contributed by atoms with E-state index in [1.807, 2.05) is 60.4 Å². The maximum absolute atomic E-state index is 12.9. The summed E-state index contributed by atoms with van der Waals surface area (Å²) in [4.78, 5) is 19.4. The number of carbonyl (C=O) groups excluding carboxylic acids is 1. The maximum atomic E-state index is 12.9. The van der Waals surface area contributed by atoms with Crippen LogP contribution in [0.3, 0.4) is 0 Å². The summed E-state index contributed by atoms with van der Waals surface area (Å²) in [5.74, 6) is 0.942. The number of benzene rings is 2. The molecule has 4 rings (SSSR count). The first-order chi connectivity index (χ1) is 12.7. The predicted molar refractivity (Wildman–Crippen MR) is 99.7 cm³/mol. The second-order valence-corrected chi connectivity index (χ2v) is 6.69. The summed E-state index contributed by atoms with van der Waals surface area (Å²) in [6, 6.07) is 15.4. The standard InChI is InChI=1S/C21H21N3O2/c1-15-9-11-16(12-10-15)19-22-20(26-23-19)17-7-3-4-8-18(17)21(25)24-13-5-2-6-14-24/h3-4,7-12H,2,5-6,13-14H2,1H3. The molecule has 132 valence electrons. The molecule has 0 radical (unpaired) electrons. The van der Waals surface area contributed by atoms with Crippen LogP contribution in [-0.4, -0.2) is 34.0 Å². The van der Waals surface area contributed by atoms with Crippen molar-refractivity contribution < 1.29 is 9.32 Å². The van der Waals surface area contributed by atoms with Gasteiger partial charge in [-0.1, -0.05) is 47.1 Å². The van der Waals surface area contributed by atoms with Crippen LogP contribution in [0.5, 0.6) is 0 Å². The van der Waals surface area contributed by atoms with Crippen molar-refractivity contribution in [2.24, 2.45) is 0 Å². The van der Waals surface area contributed by atoms with Gasteiger partial charge in [0.2, 0.25) is 5.82 Å². The summed E-state index contributed by atoms with van der Waals surface area (Å²) >= 11 is 0. The molecule has 0 spiro atoms. The van der Waals surface area contributed by atoms with Crippen LogP contribution in [0.2, 0.25) is 0 Å². The SMILES string of the molecule is Cc1ccc(-c2noc(-c3ccccc3C(=O)N3CCCCC3)n2)cc1. The Morgan fingerprint density at radius 2 is 1.73 bits per heavy atom. The average molecular weight is 347 g/mol. The highest BCUT2D eigenvalue weighted by molar-refractivity contribution is 6.00. The van der Waals surface area contributed by atoms with Crippen LogP contribution in [0.15, 0.2) is 53.1 Å². The number of amides is 1. The number of hydrogen-bond donors (Lipinski definition) is 0. The molecule has 1 aliphatic rings. The number of carbonyl (C=O) groups is 1. The number of nitrogens with zero attached hydrogens (tertiary/aromatic N) is 3. The second-order valence-electron chi connectivity index (χ2n) is 6.69. The lowest BCUT2D eigenvalue weighted by Gasteiger charge is -2.27. The Morgan fingerprint density at radius 3 is 2.50 bits per heavy atom. The normalized spacial score (nSPS) is 14.4. The van der Waals surface area contributed by atoms with Gasteiger partial charge in [0.15, 0.2) is 0 Å². The van der Waals surface area contributed by atoms with E-state index < -0.39 is 0 Å². The van der Waals surface area contributed by atoms with Gasteiger partial charge in [0.25, 0.3) is 11.8 Å². The largest absolute Gasteiger partial charge is 0.339 e. The Labute approximate surface area is 152 Å². The molecule has 0 N–H and O–H groups in total. The van der Waals surface area contributed by atoms with Crippen LogP contribution in [0.25, 0.3) is 22.8 Å². The Hall–Kier alpha value is -2.95. The summed E-state index contributed by atoms with van der Waals surface area (Å²) in [6.45, 7) is 3.66. The van der Waals surface area contributed by atoms with E-state index in [-0.39, 0.29) is 5.91 Å². The van der Waals surface area contributed by atoms with Crippen LogP contribution >= 0.6 is 0 Å². The van der Waals surface area contributed by atoms with Gasteiger partial charge in [-0.25, -0.2) is 0 Å². The molecule has 0 atom stereocenters. The van der Waals surface area contributed by atoms with Gasteiger partial charge >= 0.3 is 0 Å². The fourth-order valence-corrected chi connectivity index (χ4v) is 3.28. The third-order valence-corrected chi connectivity index (χ3v) is 4.77. The molecule has 5 heteroatoms. The molecule has 5 nitrogen and oxygen atoms in total. The van der Waals surface area contributed by atoms with Gasteiger partial charge in [-0.05, 0) is 38.3 Å². The molecule has 2 aromatic carbocycles. The van der Waals surface area contributed by atoms with Crippen molar-refractivity contribution in [3.63, 3.8) is 0 Å². The van der Waals surface area contributed by atoms with Crippen LogP contribution < -0.4 is 0 Å². The number of hydrogen-bond acceptors (Lipinski definition) is 4. The zero-order valence-corrected chi connectivity index (χ0v) is 14.8. The van der Waals surface area contributed by atoms with Crippen molar-refractivity contribution in [2.75, 3.05) is 13.1 Å². The van der Waals surface area contributed by atoms with Crippen molar-refractivity contribution in [3.8, 4) is 22.8 Å². The zero-order chi connectivity index (χ0) is 17.9. The molecule has 1 saturated heterocycles. The fourth-order valence-electron chi connectivity index (χ4n) is 3.28. The summed E-state index contributed by atoms with van der Waals surface area (Å²) in [5.41, 5.74) is 3.38.